The average molecular weight is 1330 g/mol. The van der Waals surface area contributed by atoms with Gasteiger partial charge in [0, 0.05) is 23.7 Å². The molecule has 0 bridgehead atoms. The number of rotatable bonds is 52. The molecule has 0 aromatic carbocycles. The van der Waals surface area contributed by atoms with Crippen molar-refractivity contribution in [1.29, 1.82) is 0 Å². The summed E-state index contributed by atoms with van der Waals surface area (Å²) in [6.45, 7) is 33.1. The van der Waals surface area contributed by atoms with Crippen LogP contribution < -0.4 is 0 Å². The Kier molecular flexibility index (Phi) is 53.2. The van der Waals surface area contributed by atoms with Crippen molar-refractivity contribution in [3.8, 4) is 0 Å². The van der Waals surface area contributed by atoms with E-state index >= 15 is 0 Å². The molecular formula is C62H132O28. The number of hydrogen-bond acceptors (Lipinski definition) is 28. The summed E-state index contributed by atoms with van der Waals surface area (Å²) in [5, 5.41) is 133. The van der Waals surface area contributed by atoms with Crippen LogP contribution in [0.2, 0.25) is 0 Å². The fraction of sp³-hybridized carbons (Fsp3) is 1.00. The van der Waals surface area contributed by atoms with Crippen LogP contribution in [0.1, 0.15) is 203 Å². The van der Waals surface area contributed by atoms with Gasteiger partial charge in [-0.3, -0.25) is 0 Å². The van der Waals surface area contributed by atoms with Gasteiger partial charge in [0.2, 0.25) is 0 Å². The Morgan fingerprint density at radius 1 is 0.244 bits per heavy atom. The van der Waals surface area contributed by atoms with Crippen molar-refractivity contribution in [2.24, 2.45) is 21.7 Å². The molecule has 0 aromatic heterocycles. The summed E-state index contributed by atoms with van der Waals surface area (Å²) in [6.07, 6.45) is -0.265. The van der Waals surface area contributed by atoms with Gasteiger partial charge in [-0.05, 0) is 124 Å². The maximum Gasteiger partial charge on any atom is 0.162 e. The zero-order chi connectivity index (χ0) is 70.6. The van der Waals surface area contributed by atoms with Gasteiger partial charge < -0.3 is 138 Å². The van der Waals surface area contributed by atoms with E-state index in [1.807, 2.05) is 13.8 Å². The van der Waals surface area contributed by atoms with Gasteiger partial charge in [-0.15, -0.1) is 0 Å². The topological polar surface area (TPSA) is 412 Å². The molecule has 0 rings (SSSR count). The minimum absolute atomic E-state index is 0.0000617. The zero-order valence-corrected chi connectivity index (χ0v) is 58.7. The Hall–Kier alpha value is -1.12. The molecule has 28 nitrogen and oxygen atoms in total. The third-order valence-corrected chi connectivity index (χ3v) is 12.4. The molecule has 0 fully saturated rings. The molecule has 0 radical (unpaired) electrons. The Balaban J connectivity index is -0.000000553. The number of aliphatic hydroxyl groups excluding tert-OH is 10. The van der Waals surface area contributed by atoms with E-state index in [1.54, 1.807) is 13.8 Å². The first-order chi connectivity index (χ1) is 41.1. The molecule has 0 aromatic rings. The summed E-state index contributed by atoms with van der Waals surface area (Å²) < 4.78 is 74.4. The van der Waals surface area contributed by atoms with Crippen LogP contribution in [-0.2, 0) is 66.3 Å². The minimum atomic E-state index is -1.38. The molecule has 0 saturated carbocycles. The highest BCUT2D eigenvalue weighted by molar-refractivity contribution is 4.83. The van der Waals surface area contributed by atoms with E-state index in [-0.39, 0.29) is 92.5 Å². The lowest BCUT2D eigenvalue weighted by Gasteiger charge is -2.36. The highest BCUT2D eigenvalue weighted by Gasteiger charge is 2.39. The number of unbranched alkanes of at least 4 members (excludes halogenated alkanes) is 6. The Labute approximate surface area is 539 Å². The summed E-state index contributed by atoms with van der Waals surface area (Å²) in [4.78, 5) is 0. The van der Waals surface area contributed by atoms with Gasteiger partial charge >= 0.3 is 0 Å². The average Bonchev–Trinajstić information content (AvgIpc) is 1.47. The van der Waals surface area contributed by atoms with Crippen LogP contribution in [0.4, 0.5) is 0 Å². The van der Waals surface area contributed by atoms with Gasteiger partial charge in [0.25, 0.3) is 0 Å². The molecule has 0 amide bonds. The van der Waals surface area contributed by atoms with Crippen LogP contribution in [0.25, 0.3) is 0 Å². The van der Waals surface area contributed by atoms with Crippen molar-refractivity contribution >= 4 is 0 Å². The maximum absolute atomic E-state index is 10.5. The fourth-order valence-electron chi connectivity index (χ4n) is 7.04. The van der Waals surface area contributed by atoms with Gasteiger partial charge in [-0.25, -0.2) is 0 Å². The largest absolute Gasteiger partial charge is 0.368 e. The first-order valence-electron chi connectivity index (χ1n) is 31.5. The molecule has 0 heterocycles. The minimum Gasteiger partial charge on any atom is -0.368 e. The third-order valence-electron chi connectivity index (χ3n) is 12.4. The highest BCUT2D eigenvalue weighted by atomic mass is 16.7. The molecule has 0 aliphatic heterocycles. The van der Waals surface area contributed by atoms with Crippen molar-refractivity contribution < 1.29 is 138 Å². The summed E-state index contributed by atoms with van der Waals surface area (Å²) in [6, 6.07) is 0. The van der Waals surface area contributed by atoms with Crippen LogP contribution in [0.15, 0.2) is 0 Å². The van der Waals surface area contributed by atoms with Gasteiger partial charge in [-0.1, -0.05) is 66.2 Å². The van der Waals surface area contributed by atoms with Crippen molar-refractivity contribution in [3.63, 3.8) is 0 Å². The summed E-state index contributed by atoms with van der Waals surface area (Å²) in [5.41, 5.74) is -3.02. The first kappa shape index (κ1) is 95.3. The lowest BCUT2D eigenvalue weighted by Crippen LogP contribution is -2.46. The van der Waals surface area contributed by atoms with Crippen molar-refractivity contribution in [2.45, 2.75) is 289 Å². The van der Waals surface area contributed by atoms with Crippen LogP contribution in [0.5, 0.6) is 0 Å². The van der Waals surface area contributed by atoms with E-state index < -0.39 is 108 Å². The van der Waals surface area contributed by atoms with Crippen LogP contribution >= 0.6 is 0 Å². The van der Waals surface area contributed by atoms with E-state index in [0.717, 1.165) is 51.4 Å². The summed E-state index contributed by atoms with van der Waals surface area (Å²) in [5.74, 6) is -5.17. The molecule has 28 heteroatoms. The number of hydrogen-bond donors (Lipinski definition) is 14. The predicted molar refractivity (Wildman–Crippen MR) is 333 cm³/mol. The van der Waals surface area contributed by atoms with Gasteiger partial charge in [0.1, 0.15) is 0 Å². The fourth-order valence-corrected chi connectivity index (χ4v) is 7.04. The van der Waals surface area contributed by atoms with Gasteiger partial charge in [-0.2, -0.15) is 0 Å². The number of ether oxygens (including phenoxy) is 14. The molecule has 90 heavy (non-hydrogen) atoms. The lowest BCUT2D eigenvalue weighted by molar-refractivity contribution is -0.248. The maximum atomic E-state index is 10.5. The summed E-state index contributed by atoms with van der Waals surface area (Å²) >= 11 is 0. The Morgan fingerprint density at radius 2 is 0.433 bits per heavy atom. The summed E-state index contributed by atoms with van der Waals surface area (Å²) in [7, 11) is 0. The quantitative estimate of drug-likeness (QED) is 0.0297. The molecule has 14 N–H and O–H groups in total. The monoisotopic (exact) mass is 1320 g/mol. The van der Waals surface area contributed by atoms with E-state index in [0.29, 0.717) is 12.8 Å². The molecule has 0 spiro atoms. The van der Waals surface area contributed by atoms with Gasteiger partial charge in [0.05, 0.1) is 103 Å². The second-order valence-electron chi connectivity index (χ2n) is 25.7. The van der Waals surface area contributed by atoms with E-state index in [9.17, 15) is 61.3 Å². The lowest BCUT2D eigenvalue weighted by atomic mass is 9.91. The van der Waals surface area contributed by atoms with Crippen LogP contribution in [0.3, 0.4) is 0 Å². The zero-order valence-electron chi connectivity index (χ0n) is 58.7. The highest BCUT2D eigenvalue weighted by Crippen LogP contribution is 2.29. The molecule has 12 unspecified atom stereocenters. The van der Waals surface area contributed by atoms with Crippen LogP contribution in [-0.4, -0.2) is 250 Å². The standard InChI is InChI=1S/C19H40O8.C17H36O6.C14H30O8.C12H26O6/c1-6-7-8-9-10-18(5,23)27-14-19(11-24-15(2)20,12-25-16(3)21)13-26-17(4)22;1-6-7-8-9-10-17(5,20)23-13-16(4,11-21-14(2)18)12-22-15(3)19;1-10(15)19-6-14(7-20-11(2)16,8-21-12(3)17)9-22-13(4,5)18;1-9(13)16-6-12(5,7-17-10(2)14)8-18-11(3,4)15/h15-17,20-23H,6-14H2,1-5H3;14-15,18-20H,6-13H2,1-5H3;10-12,15-18H,6-9H2,1-5H3;9-10,13-15H,6-8H2,1-5H3. The normalized spacial score (nSPS) is 19.7. The van der Waals surface area contributed by atoms with Gasteiger partial charge in [0.15, 0.2) is 86.0 Å². The number of aliphatic hydroxyl groups is 14. The molecule has 548 valence electrons. The van der Waals surface area contributed by atoms with E-state index in [1.165, 1.54) is 96.9 Å². The van der Waals surface area contributed by atoms with E-state index in [4.69, 9.17) is 76.5 Å². The predicted octanol–water partition coefficient (Wildman–Crippen LogP) is 4.36. The Bertz CT molecular complexity index is 1530. The Morgan fingerprint density at radius 3 is 0.644 bits per heavy atom. The molecule has 0 aliphatic rings. The first-order valence-corrected chi connectivity index (χ1v) is 31.5. The molecular weight excluding hydrogens is 1190 g/mol. The van der Waals surface area contributed by atoms with Crippen molar-refractivity contribution in [3.05, 3.63) is 0 Å². The molecule has 0 saturated heterocycles. The van der Waals surface area contributed by atoms with Crippen LogP contribution in [0, 0.1) is 21.7 Å². The van der Waals surface area contributed by atoms with Crippen molar-refractivity contribution in [1.82, 2.24) is 0 Å². The molecule has 0 aliphatic carbocycles. The van der Waals surface area contributed by atoms with E-state index in [2.05, 4.69) is 13.8 Å². The smallest absolute Gasteiger partial charge is 0.162 e. The second kappa shape index (κ2) is 50.3. The molecule has 12 atom stereocenters. The third kappa shape index (κ3) is 63.0. The SMILES string of the molecule is CC(O)OCC(C)(COC(C)O)COC(C)(C)O.CC(O)OCC(COC(C)O)(COC(C)O)COC(C)(C)O.CCCCCCC(C)(O)OCC(C)(COC(C)O)COC(C)O.CCCCCCC(C)(O)OCC(COC(C)O)(COC(C)O)COC(C)O. The second-order valence-corrected chi connectivity index (χ2v) is 25.7. The van der Waals surface area contributed by atoms with Crippen molar-refractivity contribution in [2.75, 3.05) is 92.5 Å².